The van der Waals surface area contributed by atoms with Gasteiger partial charge >= 0.3 is 98.2 Å². The van der Waals surface area contributed by atoms with Crippen molar-refractivity contribution in [2.75, 3.05) is 72.7 Å². The van der Waals surface area contributed by atoms with Crippen LogP contribution < -0.4 is 0 Å². The van der Waals surface area contributed by atoms with Gasteiger partial charge < -0.3 is 28.4 Å². The fraction of sp³-hybridized carbons (Fsp3) is 0.526. The minimum absolute atomic E-state index is 0.0126. The molecule has 0 aromatic rings. The van der Waals surface area contributed by atoms with Crippen molar-refractivity contribution in [3.63, 3.8) is 0 Å². The van der Waals surface area contributed by atoms with Gasteiger partial charge in [0.2, 0.25) is 36.6 Å². The zero-order valence-corrected chi connectivity index (χ0v) is 46.3. The van der Waals surface area contributed by atoms with Crippen molar-refractivity contribution in [3.8, 4) is 24.2 Å². The number of ether oxygens (including phenoxy) is 6. The molecular formula is C38H48O36S6. The maximum atomic E-state index is 11.1. The number of allylic oxidation sites excluding steroid dienone is 1. The Morgan fingerprint density at radius 1 is 0.500 bits per heavy atom. The third kappa shape index (κ3) is 30.1. The first-order valence-electron chi connectivity index (χ1n) is 21.0. The minimum atomic E-state index is -4.02. The Hall–Kier alpha value is -5.88. The lowest BCUT2D eigenvalue weighted by Crippen LogP contribution is -2.25. The lowest BCUT2D eigenvalue weighted by Gasteiger charge is -2.06. The number of hydrogen-bond acceptors (Lipinski definition) is 36. The first-order chi connectivity index (χ1) is 37.2. The van der Waals surface area contributed by atoms with E-state index in [0.717, 1.165) is 6.26 Å². The van der Waals surface area contributed by atoms with E-state index >= 15 is 0 Å². The Labute approximate surface area is 458 Å². The van der Waals surface area contributed by atoms with Crippen LogP contribution in [-0.4, -0.2) is 196 Å². The quantitative estimate of drug-likeness (QED) is 0.0500. The van der Waals surface area contributed by atoms with Gasteiger partial charge in [-0.1, -0.05) is 49.8 Å². The molecule has 6 rings (SSSR count). The largest absolute Gasteiger partial charge is 0.459 e. The lowest BCUT2D eigenvalue weighted by molar-refractivity contribution is -0.150. The van der Waals surface area contributed by atoms with E-state index in [-0.39, 0.29) is 72.7 Å². The second-order valence-corrected chi connectivity index (χ2v) is 21.3. The molecule has 0 radical (unpaired) electrons. The highest BCUT2D eigenvalue weighted by Crippen LogP contribution is 2.18. The molecule has 6 aliphatic heterocycles. The van der Waals surface area contributed by atoms with Crippen LogP contribution in [0.2, 0.25) is 0 Å². The van der Waals surface area contributed by atoms with Crippen LogP contribution in [0, 0.1) is 24.2 Å². The molecule has 6 unspecified atom stereocenters. The summed E-state index contributed by atoms with van der Waals surface area (Å²) in [6, 6.07) is 0. The van der Waals surface area contributed by atoms with Crippen LogP contribution in [0.1, 0.15) is 20.8 Å². The molecule has 0 bridgehead atoms. The number of hydrogen-bond donors (Lipinski definition) is 0. The van der Waals surface area contributed by atoms with Gasteiger partial charge in [0.15, 0.2) is 13.2 Å². The fourth-order valence-electron chi connectivity index (χ4n) is 4.18. The Balaban J connectivity index is 0.000000480. The number of carbonyl (C=O) groups is 6. The van der Waals surface area contributed by atoms with E-state index in [1.54, 1.807) is 32.9 Å². The molecule has 6 atom stereocenters. The van der Waals surface area contributed by atoms with Crippen LogP contribution in [-0.2, 0) is 170 Å². The molecule has 0 amide bonds. The molecule has 0 aromatic heterocycles. The molecule has 6 aliphatic rings. The monoisotopic (exact) mass is 1270 g/mol. The summed E-state index contributed by atoms with van der Waals surface area (Å²) < 4.78 is 204. The second kappa shape index (κ2) is 34.4. The first-order valence-corrected chi connectivity index (χ1v) is 29.0. The number of carbonyl (C=O) groups excluding carboxylic acids is 6. The SMILES string of the molecule is C#CCOC(=O)C1COS(=O)(=O)O1.C/C=C/COC(=O)C1COS(=O)(=O)O1.C=C(C)COC(=O)C1COS(=O)(=O)O1.C=CCOC(=O)C1COS(=O)(=O)O1.C=COC(=O)C1COS(=O)(=O)O1.CC#CCOC(=O)C1COS(=O)(=O)O1. The molecule has 6 saturated heterocycles. The summed E-state index contributed by atoms with van der Waals surface area (Å²) in [5.41, 5.74) is 0.653. The average molecular weight is 1270 g/mol. The average Bonchev–Trinajstić information content (AvgIpc) is 4.25. The van der Waals surface area contributed by atoms with E-state index in [2.05, 4.69) is 116 Å². The van der Waals surface area contributed by atoms with Crippen LogP contribution in [0.15, 0.2) is 49.8 Å². The standard InChI is InChI=1S/2C7H10O6S.C7H8O6S.C6H8O6S.C6H6O6S.C5H6O6S/c1-5(2)3-11-7(8)6-4-12-14(9,10)13-6;2*1-2-3-4-11-7(8)6-5-12-14(9,10)13-6;2*1-2-3-10-6(7)5-4-11-13(8,9)12-5;1-2-9-5(6)4-3-10-12(7,8)11-4/h6H,1,3-4H2,2H3;2-3,6H,4-5H2,1H3;6H,4-5H2,1H3;2,5H,1,3-4H2;1,5H,3-4H2;2,4H,1,3H2/b;3-2+;;;;. The third-order valence-electron chi connectivity index (χ3n) is 7.49. The highest BCUT2D eigenvalue weighted by molar-refractivity contribution is 7.83. The number of esters is 6. The highest BCUT2D eigenvalue weighted by atomic mass is 32.3. The molecule has 0 saturated carbocycles. The van der Waals surface area contributed by atoms with Gasteiger partial charge in [0.25, 0.3) is 0 Å². The Morgan fingerprint density at radius 2 is 0.800 bits per heavy atom. The molecule has 42 heteroatoms. The first kappa shape index (κ1) is 72.1. The molecule has 6 fully saturated rings. The summed E-state index contributed by atoms with van der Waals surface area (Å²) >= 11 is 0. The third-order valence-corrected chi connectivity index (χ3v) is 12.8. The smallest absolute Gasteiger partial charge is 0.400 e. The molecule has 36 nitrogen and oxygen atoms in total. The van der Waals surface area contributed by atoms with Crippen LogP contribution in [0.5, 0.6) is 0 Å². The van der Waals surface area contributed by atoms with Crippen molar-refractivity contribution < 1.29 is 158 Å². The topological polar surface area (TPSA) is 473 Å². The van der Waals surface area contributed by atoms with Crippen molar-refractivity contribution >= 4 is 98.2 Å². The summed E-state index contributed by atoms with van der Waals surface area (Å²) in [5.74, 6) is 2.27. The van der Waals surface area contributed by atoms with Crippen LogP contribution in [0.3, 0.4) is 0 Å². The molecular weight excluding hydrogens is 1220 g/mol. The summed E-state index contributed by atoms with van der Waals surface area (Å²) in [4.78, 5) is 65.9. The molecule has 80 heavy (non-hydrogen) atoms. The molecule has 452 valence electrons. The summed E-state index contributed by atoms with van der Waals surface area (Å²) in [5, 5.41) is 0. The van der Waals surface area contributed by atoms with Gasteiger partial charge in [-0.15, -0.1) is 12.3 Å². The Bertz CT molecular complexity index is 3040. The second-order valence-electron chi connectivity index (χ2n) is 13.8. The van der Waals surface area contributed by atoms with E-state index in [9.17, 15) is 79.3 Å². The predicted octanol–water partition coefficient (Wildman–Crippen LogP) is -3.72. The lowest BCUT2D eigenvalue weighted by atomic mass is 10.3. The van der Waals surface area contributed by atoms with Crippen LogP contribution in [0.4, 0.5) is 0 Å². The molecule has 0 aliphatic carbocycles. The van der Waals surface area contributed by atoms with Gasteiger partial charge in [0, 0.05) is 0 Å². The van der Waals surface area contributed by atoms with Gasteiger partial charge in [0.1, 0.15) is 59.5 Å². The summed E-state index contributed by atoms with van der Waals surface area (Å²) in [6.07, 6.45) is 3.16. The maximum Gasteiger partial charge on any atom is 0.400 e. The molecule has 6 heterocycles. The van der Waals surface area contributed by atoms with Crippen molar-refractivity contribution in [2.24, 2.45) is 0 Å². The van der Waals surface area contributed by atoms with Gasteiger partial charge in [-0.05, 0) is 26.3 Å². The fourth-order valence-corrected chi connectivity index (χ4v) is 8.77. The van der Waals surface area contributed by atoms with Gasteiger partial charge in [-0.25, -0.2) is 79.0 Å². The molecule has 0 N–H and O–H groups in total. The van der Waals surface area contributed by atoms with E-state index in [1.807, 2.05) is 0 Å². The van der Waals surface area contributed by atoms with Crippen LogP contribution in [0.25, 0.3) is 0 Å². The predicted molar refractivity (Wildman–Crippen MR) is 252 cm³/mol. The van der Waals surface area contributed by atoms with Crippen molar-refractivity contribution in [1.82, 2.24) is 0 Å². The van der Waals surface area contributed by atoms with E-state index in [4.69, 9.17) is 6.42 Å². The van der Waals surface area contributed by atoms with Crippen molar-refractivity contribution in [1.29, 1.82) is 0 Å². The van der Waals surface area contributed by atoms with E-state index in [0.29, 0.717) is 5.57 Å². The zero-order chi connectivity index (χ0) is 61.0. The zero-order valence-electron chi connectivity index (χ0n) is 41.4. The number of terminal acetylenes is 1. The van der Waals surface area contributed by atoms with Crippen molar-refractivity contribution in [3.05, 3.63) is 49.8 Å². The van der Waals surface area contributed by atoms with Gasteiger partial charge in [-0.3, -0.25) is 0 Å². The highest BCUT2D eigenvalue weighted by Gasteiger charge is 2.40. The van der Waals surface area contributed by atoms with Crippen LogP contribution >= 0.6 is 0 Å². The van der Waals surface area contributed by atoms with Gasteiger partial charge in [-0.2, -0.15) is 50.5 Å². The van der Waals surface area contributed by atoms with E-state index in [1.165, 1.54) is 6.08 Å². The maximum absolute atomic E-state index is 11.1. The van der Waals surface area contributed by atoms with Gasteiger partial charge in [0.05, 0.1) is 6.26 Å². The van der Waals surface area contributed by atoms with Crippen molar-refractivity contribution in [2.45, 2.75) is 57.4 Å². The normalized spacial score (nSPS) is 25.0. The summed E-state index contributed by atoms with van der Waals surface area (Å²) in [6.45, 7) is 12.8. The Morgan fingerprint density at radius 3 is 1.06 bits per heavy atom. The Kier molecular flexibility index (Phi) is 31.0. The summed E-state index contributed by atoms with van der Waals surface area (Å²) in [7, 11) is -24.0. The number of rotatable bonds is 15. The minimum Gasteiger partial charge on any atom is -0.459 e. The molecule has 0 aromatic carbocycles. The van der Waals surface area contributed by atoms with E-state index < -0.39 is 135 Å². The molecule has 0 spiro atoms.